The monoisotopic (exact) mass is 457 g/mol. The zero-order valence-electron chi connectivity index (χ0n) is 18.8. The number of nitrogens with zero attached hydrogens (tertiary/aromatic N) is 3. The summed E-state index contributed by atoms with van der Waals surface area (Å²) in [5.41, 5.74) is 2.12. The molecule has 1 atom stereocenters. The van der Waals surface area contributed by atoms with Crippen molar-refractivity contribution < 1.29 is 24.2 Å². The number of Topliss-reactive ketones (excluding diaryl/α,β-unsaturated/α-hetero) is 1. The van der Waals surface area contributed by atoms with Crippen LogP contribution < -0.4 is 19.3 Å². The van der Waals surface area contributed by atoms with Gasteiger partial charge in [0.2, 0.25) is 0 Å². The Bertz CT molecular complexity index is 1300. The zero-order valence-corrected chi connectivity index (χ0v) is 18.8. The highest BCUT2D eigenvalue weighted by atomic mass is 16.5. The number of carbonyl (C=O) groups excluding carboxylic acids is 2. The van der Waals surface area contributed by atoms with Crippen LogP contribution in [0.25, 0.3) is 5.76 Å². The molecule has 8 nitrogen and oxygen atoms in total. The number of aromatic nitrogens is 1. The Hall–Kier alpha value is -4.33. The van der Waals surface area contributed by atoms with Crippen molar-refractivity contribution in [1.82, 2.24) is 4.98 Å². The lowest BCUT2D eigenvalue weighted by Gasteiger charge is -2.28. The second-order valence-electron chi connectivity index (χ2n) is 8.08. The third-order valence-electron chi connectivity index (χ3n) is 6.07. The molecule has 0 radical (unpaired) electrons. The van der Waals surface area contributed by atoms with Gasteiger partial charge in [0, 0.05) is 30.6 Å². The molecular formula is C26H23N3O5. The molecule has 34 heavy (non-hydrogen) atoms. The van der Waals surface area contributed by atoms with Crippen LogP contribution in [-0.2, 0) is 9.59 Å². The quantitative estimate of drug-likeness (QED) is 0.364. The summed E-state index contributed by atoms with van der Waals surface area (Å²) < 4.78 is 11.0. The number of methoxy groups -OCH3 is 1. The molecule has 8 heteroatoms. The molecule has 2 aliphatic heterocycles. The molecule has 5 rings (SSSR count). The Morgan fingerprint density at radius 3 is 2.74 bits per heavy atom. The topological polar surface area (TPSA) is 92.2 Å². The van der Waals surface area contributed by atoms with Crippen molar-refractivity contribution in [1.29, 1.82) is 0 Å². The summed E-state index contributed by atoms with van der Waals surface area (Å²) in [5.74, 6) is -0.552. The van der Waals surface area contributed by atoms with Crippen molar-refractivity contribution in [3.63, 3.8) is 0 Å². The van der Waals surface area contributed by atoms with Crippen LogP contribution in [0.4, 0.5) is 11.4 Å². The first-order chi connectivity index (χ1) is 16.5. The number of amides is 1. The summed E-state index contributed by atoms with van der Waals surface area (Å²) in [6, 6.07) is 16.4. The standard InChI is InChI=1S/C26H23N3O5/c1-28-12-13-34-21-10-9-16(14-20(21)28)24(30)22-23(19-8-3-4-11-27-19)29(26(32)25(22)31)17-6-5-7-18(15-17)33-2/h3-11,14-15,23,30H,12-13H2,1-2H3/b24-22-. The molecule has 3 heterocycles. The number of rotatable bonds is 4. The fraction of sp³-hybridized carbons (Fsp3) is 0.192. The maximum absolute atomic E-state index is 13.3. The highest BCUT2D eigenvalue weighted by molar-refractivity contribution is 6.51. The van der Waals surface area contributed by atoms with Crippen LogP contribution in [0, 0.1) is 0 Å². The minimum Gasteiger partial charge on any atom is -0.507 e. The summed E-state index contributed by atoms with van der Waals surface area (Å²) in [4.78, 5) is 34.3. The van der Waals surface area contributed by atoms with E-state index in [1.54, 1.807) is 66.9 Å². The number of ether oxygens (including phenoxy) is 2. The second-order valence-corrected chi connectivity index (χ2v) is 8.08. The molecule has 172 valence electrons. The van der Waals surface area contributed by atoms with Crippen LogP contribution in [0.15, 0.2) is 72.4 Å². The molecule has 1 unspecified atom stereocenters. The second kappa shape index (κ2) is 8.55. The molecule has 2 aliphatic rings. The zero-order chi connectivity index (χ0) is 23.8. The van der Waals surface area contributed by atoms with E-state index < -0.39 is 17.7 Å². The van der Waals surface area contributed by atoms with E-state index in [1.807, 2.05) is 11.9 Å². The van der Waals surface area contributed by atoms with E-state index in [9.17, 15) is 14.7 Å². The Kier molecular flexibility index (Phi) is 5.41. The van der Waals surface area contributed by atoms with Gasteiger partial charge in [0.25, 0.3) is 11.7 Å². The molecule has 3 aromatic rings. The largest absolute Gasteiger partial charge is 0.507 e. The maximum Gasteiger partial charge on any atom is 0.300 e. The fourth-order valence-electron chi connectivity index (χ4n) is 4.33. The molecule has 0 spiro atoms. The van der Waals surface area contributed by atoms with E-state index in [0.717, 1.165) is 5.69 Å². The lowest BCUT2D eigenvalue weighted by atomic mass is 9.97. The molecule has 0 aliphatic carbocycles. The van der Waals surface area contributed by atoms with Crippen LogP contribution in [0.5, 0.6) is 11.5 Å². The SMILES string of the molecule is COc1cccc(N2C(=O)C(=O)/C(=C(\O)c3ccc4c(c3)N(C)CCO4)C2c2ccccn2)c1. The number of carbonyl (C=O) groups is 2. The number of fused-ring (bicyclic) bond motifs is 1. The van der Waals surface area contributed by atoms with Gasteiger partial charge < -0.3 is 19.5 Å². The smallest absolute Gasteiger partial charge is 0.300 e. The Morgan fingerprint density at radius 1 is 1.12 bits per heavy atom. The van der Waals surface area contributed by atoms with Gasteiger partial charge in [-0.05, 0) is 42.5 Å². The normalized spacial score (nSPS) is 19.1. The van der Waals surface area contributed by atoms with E-state index in [1.165, 1.54) is 12.0 Å². The lowest BCUT2D eigenvalue weighted by molar-refractivity contribution is -0.132. The molecule has 0 saturated carbocycles. The van der Waals surface area contributed by atoms with E-state index in [2.05, 4.69) is 4.98 Å². The number of aliphatic hydroxyl groups is 1. The van der Waals surface area contributed by atoms with Crippen molar-refractivity contribution in [3.05, 3.63) is 83.7 Å². The van der Waals surface area contributed by atoms with E-state index in [0.29, 0.717) is 41.6 Å². The van der Waals surface area contributed by atoms with Crippen molar-refractivity contribution in [3.8, 4) is 11.5 Å². The lowest BCUT2D eigenvalue weighted by Crippen LogP contribution is -2.29. The fourth-order valence-corrected chi connectivity index (χ4v) is 4.33. The van der Waals surface area contributed by atoms with E-state index in [-0.39, 0.29) is 11.3 Å². The van der Waals surface area contributed by atoms with Gasteiger partial charge in [0.15, 0.2) is 0 Å². The maximum atomic E-state index is 13.3. The van der Waals surface area contributed by atoms with Crippen LogP contribution in [-0.4, -0.2) is 49.1 Å². The van der Waals surface area contributed by atoms with Gasteiger partial charge in [-0.15, -0.1) is 0 Å². The van der Waals surface area contributed by atoms with Crippen molar-refractivity contribution in [2.45, 2.75) is 6.04 Å². The molecule has 1 saturated heterocycles. The van der Waals surface area contributed by atoms with Gasteiger partial charge in [-0.3, -0.25) is 19.5 Å². The van der Waals surface area contributed by atoms with Gasteiger partial charge >= 0.3 is 0 Å². The minimum absolute atomic E-state index is 0.0224. The molecule has 2 aromatic carbocycles. The number of aliphatic hydroxyl groups excluding tert-OH is 1. The third-order valence-corrected chi connectivity index (χ3v) is 6.07. The number of benzene rings is 2. The highest BCUT2D eigenvalue weighted by Crippen LogP contribution is 2.43. The molecule has 1 aromatic heterocycles. The molecule has 1 amide bonds. The number of likely N-dealkylation sites (N-methyl/N-ethyl adjacent to an activating group) is 1. The van der Waals surface area contributed by atoms with Crippen LogP contribution in [0.3, 0.4) is 0 Å². The van der Waals surface area contributed by atoms with Crippen LogP contribution in [0.2, 0.25) is 0 Å². The first-order valence-electron chi connectivity index (χ1n) is 10.8. The van der Waals surface area contributed by atoms with Gasteiger partial charge in [-0.25, -0.2) is 0 Å². The van der Waals surface area contributed by atoms with Gasteiger partial charge in [0.1, 0.15) is 29.9 Å². The van der Waals surface area contributed by atoms with Crippen LogP contribution in [0.1, 0.15) is 17.3 Å². The average Bonchev–Trinajstić information content (AvgIpc) is 3.14. The first kappa shape index (κ1) is 21.5. The first-order valence-corrected chi connectivity index (χ1v) is 10.8. The van der Waals surface area contributed by atoms with Gasteiger partial charge in [-0.2, -0.15) is 0 Å². The number of hydrogen-bond donors (Lipinski definition) is 1. The van der Waals surface area contributed by atoms with E-state index in [4.69, 9.17) is 9.47 Å². The highest BCUT2D eigenvalue weighted by Gasteiger charge is 2.47. The summed E-state index contributed by atoms with van der Waals surface area (Å²) in [6.45, 7) is 1.27. The predicted octanol–water partition coefficient (Wildman–Crippen LogP) is 3.55. The summed E-state index contributed by atoms with van der Waals surface area (Å²) in [5, 5.41) is 11.4. The summed E-state index contributed by atoms with van der Waals surface area (Å²) in [7, 11) is 3.46. The molecular weight excluding hydrogens is 434 g/mol. The number of ketones is 1. The Labute approximate surface area is 196 Å². The van der Waals surface area contributed by atoms with Gasteiger partial charge in [0.05, 0.1) is 30.6 Å². The molecule has 0 bridgehead atoms. The molecule has 1 N–H and O–H groups in total. The number of pyridine rings is 1. The summed E-state index contributed by atoms with van der Waals surface area (Å²) in [6.07, 6.45) is 1.59. The minimum atomic E-state index is -0.904. The van der Waals surface area contributed by atoms with Gasteiger partial charge in [-0.1, -0.05) is 12.1 Å². The third kappa shape index (κ3) is 3.53. The summed E-state index contributed by atoms with van der Waals surface area (Å²) >= 11 is 0. The van der Waals surface area contributed by atoms with E-state index >= 15 is 0 Å². The van der Waals surface area contributed by atoms with Crippen molar-refractivity contribution >= 4 is 28.8 Å². The van der Waals surface area contributed by atoms with Crippen molar-refractivity contribution in [2.75, 3.05) is 37.1 Å². The Morgan fingerprint density at radius 2 is 1.97 bits per heavy atom. The molecule has 1 fully saturated rings. The average molecular weight is 457 g/mol. The number of anilines is 2. The van der Waals surface area contributed by atoms with Crippen LogP contribution >= 0.6 is 0 Å². The number of hydrogen-bond acceptors (Lipinski definition) is 7. The Balaban J connectivity index is 1.69. The van der Waals surface area contributed by atoms with Crippen molar-refractivity contribution in [2.24, 2.45) is 0 Å². The predicted molar refractivity (Wildman–Crippen MR) is 127 cm³/mol.